The Labute approximate surface area is 89.7 Å². The lowest BCUT2D eigenvalue weighted by Crippen LogP contribution is -2.50. The number of rotatable bonds is 3. The number of hydrogen-bond acceptors (Lipinski definition) is 3. The number of carbonyl (C=O) groups excluding carboxylic acids is 1. The van der Waals surface area contributed by atoms with Gasteiger partial charge < -0.3 is 14.9 Å². The van der Waals surface area contributed by atoms with Crippen molar-refractivity contribution < 1.29 is 14.7 Å². The SMILES string of the molecule is CN(C)CC(=O)N1CCCCC1C(=O)O. The summed E-state index contributed by atoms with van der Waals surface area (Å²) in [5, 5.41) is 8.98. The van der Waals surface area contributed by atoms with Gasteiger partial charge in [-0.1, -0.05) is 0 Å². The Balaban J connectivity index is 2.63. The molecule has 15 heavy (non-hydrogen) atoms. The van der Waals surface area contributed by atoms with Gasteiger partial charge in [-0.05, 0) is 33.4 Å². The molecule has 1 unspecified atom stereocenters. The molecule has 1 aliphatic rings. The first-order valence-electron chi connectivity index (χ1n) is 5.19. The van der Waals surface area contributed by atoms with Gasteiger partial charge in [0.25, 0.3) is 0 Å². The van der Waals surface area contributed by atoms with Gasteiger partial charge in [-0.25, -0.2) is 4.79 Å². The number of carboxylic acid groups (broad SMARTS) is 1. The zero-order chi connectivity index (χ0) is 11.4. The molecule has 1 aliphatic heterocycles. The van der Waals surface area contributed by atoms with Gasteiger partial charge in [0.2, 0.25) is 5.91 Å². The molecule has 1 heterocycles. The fourth-order valence-corrected chi connectivity index (χ4v) is 1.85. The summed E-state index contributed by atoms with van der Waals surface area (Å²) >= 11 is 0. The zero-order valence-corrected chi connectivity index (χ0v) is 9.27. The highest BCUT2D eigenvalue weighted by Gasteiger charge is 2.31. The van der Waals surface area contributed by atoms with Crippen molar-refractivity contribution in [3.8, 4) is 0 Å². The molecule has 1 atom stereocenters. The third-order valence-corrected chi connectivity index (χ3v) is 2.56. The van der Waals surface area contributed by atoms with Crippen molar-refractivity contribution in [1.82, 2.24) is 9.80 Å². The molecule has 1 amide bonds. The van der Waals surface area contributed by atoms with E-state index in [9.17, 15) is 9.59 Å². The molecule has 0 radical (unpaired) electrons. The van der Waals surface area contributed by atoms with Crippen LogP contribution >= 0.6 is 0 Å². The van der Waals surface area contributed by atoms with Crippen molar-refractivity contribution in [2.45, 2.75) is 25.3 Å². The van der Waals surface area contributed by atoms with E-state index in [2.05, 4.69) is 0 Å². The van der Waals surface area contributed by atoms with Crippen molar-refractivity contribution in [3.63, 3.8) is 0 Å². The van der Waals surface area contributed by atoms with Gasteiger partial charge in [0.05, 0.1) is 6.54 Å². The van der Waals surface area contributed by atoms with Crippen LogP contribution in [0.25, 0.3) is 0 Å². The third kappa shape index (κ3) is 3.20. The zero-order valence-electron chi connectivity index (χ0n) is 9.27. The second kappa shape index (κ2) is 5.11. The molecule has 86 valence electrons. The topological polar surface area (TPSA) is 60.9 Å². The molecule has 1 saturated heterocycles. The molecule has 0 bridgehead atoms. The van der Waals surface area contributed by atoms with Crippen LogP contribution in [0.1, 0.15) is 19.3 Å². The van der Waals surface area contributed by atoms with Crippen LogP contribution in [0.4, 0.5) is 0 Å². The quantitative estimate of drug-likeness (QED) is 0.719. The van der Waals surface area contributed by atoms with E-state index >= 15 is 0 Å². The van der Waals surface area contributed by atoms with Crippen LogP contribution < -0.4 is 0 Å². The third-order valence-electron chi connectivity index (χ3n) is 2.56. The standard InChI is InChI=1S/C10H18N2O3/c1-11(2)7-9(13)12-6-4-3-5-8(12)10(14)15/h8H,3-7H2,1-2H3,(H,14,15). The fraction of sp³-hybridized carbons (Fsp3) is 0.800. The van der Waals surface area contributed by atoms with Gasteiger partial charge in [0.15, 0.2) is 0 Å². The van der Waals surface area contributed by atoms with Gasteiger partial charge in [0.1, 0.15) is 6.04 Å². The first kappa shape index (κ1) is 12.0. The number of likely N-dealkylation sites (N-methyl/N-ethyl adjacent to an activating group) is 1. The molecule has 0 aromatic heterocycles. The predicted octanol–water partition coefficient (Wildman–Crippen LogP) is 0.0137. The second-order valence-corrected chi connectivity index (χ2v) is 4.17. The van der Waals surface area contributed by atoms with Crippen LogP contribution in [-0.4, -0.2) is 60.0 Å². The molecule has 0 saturated carbocycles. The second-order valence-electron chi connectivity index (χ2n) is 4.17. The van der Waals surface area contributed by atoms with Crippen LogP contribution in [0.3, 0.4) is 0 Å². The molecule has 1 rings (SSSR count). The van der Waals surface area contributed by atoms with Crippen molar-refractivity contribution >= 4 is 11.9 Å². The normalized spacial score (nSPS) is 21.8. The maximum atomic E-state index is 11.7. The summed E-state index contributed by atoms with van der Waals surface area (Å²) in [6, 6.07) is -0.619. The van der Waals surface area contributed by atoms with E-state index in [4.69, 9.17) is 5.11 Å². The van der Waals surface area contributed by atoms with E-state index in [1.807, 2.05) is 0 Å². The Bertz CT molecular complexity index is 253. The summed E-state index contributed by atoms with van der Waals surface area (Å²) in [6.45, 7) is 0.855. The molecule has 0 spiro atoms. The maximum Gasteiger partial charge on any atom is 0.326 e. The molecule has 1 N–H and O–H groups in total. The van der Waals surface area contributed by atoms with Gasteiger partial charge in [-0.15, -0.1) is 0 Å². The van der Waals surface area contributed by atoms with Crippen molar-refractivity contribution in [3.05, 3.63) is 0 Å². The average Bonchev–Trinajstić information content (AvgIpc) is 2.16. The lowest BCUT2D eigenvalue weighted by Gasteiger charge is -2.33. The molecule has 5 nitrogen and oxygen atoms in total. The highest BCUT2D eigenvalue weighted by molar-refractivity contribution is 5.85. The highest BCUT2D eigenvalue weighted by atomic mass is 16.4. The summed E-state index contributed by atoms with van der Waals surface area (Å²) in [5.41, 5.74) is 0. The average molecular weight is 214 g/mol. The van der Waals surface area contributed by atoms with E-state index in [-0.39, 0.29) is 12.5 Å². The van der Waals surface area contributed by atoms with Crippen molar-refractivity contribution in [1.29, 1.82) is 0 Å². The monoisotopic (exact) mass is 214 g/mol. The maximum absolute atomic E-state index is 11.7. The lowest BCUT2D eigenvalue weighted by molar-refractivity contribution is -0.152. The summed E-state index contributed by atoms with van der Waals surface area (Å²) < 4.78 is 0. The molecule has 0 aromatic carbocycles. The number of aliphatic carboxylic acids is 1. The van der Waals surface area contributed by atoms with Crippen LogP contribution in [0.15, 0.2) is 0 Å². The van der Waals surface area contributed by atoms with E-state index in [0.717, 1.165) is 12.8 Å². The predicted molar refractivity (Wildman–Crippen MR) is 55.5 cm³/mol. The van der Waals surface area contributed by atoms with Gasteiger partial charge in [0, 0.05) is 6.54 Å². The van der Waals surface area contributed by atoms with E-state index in [0.29, 0.717) is 13.0 Å². The molecule has 0 aromatic rings. The van der Waals surface area contributed by atoms with Gasteiger partial charge in [-0.2, -0.15) is 0 Å². The number of piperidine rings is 1. The van der Waals surface area contributed by atoms with Gasteiger partial charge >= 0.3 is 5.97 Å². The summed E-state index contributed by atoms with van der Waals surface area (Å²) in [4.78, 5) is 25.9. The Morgan fingerprint density at radius 1 is 1.40 bits per heavy atom. The minimum absolute atomic E-state index is 0.0906. The number of likely N-dealkylation sites (tertiary alicyclic amines) is 1. The van der Waals surface area contributed by atoms with E-state index in [1.165, 1.54) is 4.90 Å². The summed E-state index contributed by atoms with van der Waals surface area (Å²) in [6.07, 6.45) is 2.38. The molecular weight excluding hydrogens is 196 g/mol. The highest BCUT2D eigenvalue weighted by Crippen LogP contribution is 2.17. The minimum Gasteiger partial charge on any atom is -0.480 e. The first-order valence-corrected chi connectivity index (χ1v) is 5.19. The number of nitrogens with zero attached hydrogens (tertiary/aromatic N) is 2. The van der Waals surface area contributed by atoms with Crippen LogP contribution in [0, 0.1) is 0 Å². The van der Waals surface area contributed by atoms with Crippen molar-refractivity contribution in [2.24, 2.45) is 0 Å². The van der Waals surface area contributed by atoms with Crippen molar-refractivity contribution in [2.75, 3.05) is 27.2 Å². The Hall–Kier alpha value is -1.10. The minimum atomic E-state index is -0.887. The number of hydrogen-bond donors (Lipinski definition) is 1. The van der Waals surface area contributed by atoms with E-state index < -0.39 is 12.0 Å². The summed E-state index contributed by atoms with van der Waals surface area (Å²) in [5.74, 6) is -0.978. The molecule has 5 heteroatoms. The van der Waals surface area contributed by atoms with Gasteiger partial charge in [-0.3, -0.25) is 4.79 Å². The largest absolute Gasteiger partial charge is 0.480 e. The van der Waals surface area contributed by atoms with E-state index in [1.54, 1.807) is 19.0 Å². The number of amides is 1. The Morgan fingerprint density at radius 2 is 2.07 bits per heavy atom. The lowest BCUT2D eigenvalue weighted by atomic mass is 10.0. The Morgan fingerprint density at radius 3 is 2.60 bits per heavy atom. The number of carbonyl (C=O) groups is 2. The van der Waals surface area contributed by atoms with Crippen LogP contribution in [0.5, 0.6) is 0 Å². The van der Waals surface area contributed by atoms with Crippen LogP contribution in [-0.2, 0) is 9.59 Å². The van der Waals surface area contributed by atoms with Crippen LogP contribution in [0.2, 0.25) is 0 Å². The Kier molecular flexibility index (Phi) is 4.08. The first-order chi connectivity index (χ1) is 7.02. The fourth-order valence-electron chi connectivity index (χ4n) is 1.85. The number of carboxylic acids is 1. The molecule has 1 fully saturated rings. The summed E-state index contributed by atoms with van der Waals surface area (Å²) in [7, 11) is 3.61. The molecular formula is C10H18N2O3. The smallest absolute Gasteiger partial charge is 0.326 e. The molecule has 0 aliphatic carbocycles.